The third-order valence-electron chi connectivity index (χ3n) is 11.2. The maximum Gasteiger partial charge on any atom is 0.312 e. The minimum absolute atomic E-state index is 0.173. The van der Waals surface area contributed by atoms with E-state index in [0.717, 1.165) is 34.2 Å². The summed E-state index contributed by atoms with van der Waals surface area (Å²) in [7, 11) is 4.33. The Bertz CT molecular complexity index is 2020. The molecular formula is C52H64BO11P. The van der Waals surface area contributed by atoms with Crippen LogP contribution in [0.25, 0.3) is 0 Å². The highest BCUT2D eigenvalue weighted by Gasteiger charge is 2.54. The Morgan fingerprint density at radius 2 is 0.846 bits per heavy atom. The molecule has 0 saturated carbocycles. The number of ether oxygens (including phenoxy) is 10. The number of methoxy groups -OCH3 is 1. The zero-order valence-corrected chi connectivity index (χ0v) is 38.9. The van der Waals surface area contributed by atoms with Crippen LogP contribution in [0.5, 0.6) is 0 Å². The molecule has 0 amide bonds. The molecule has 5 aromatic rings. The molecule has 11 nitrogen and oxygen atoms in total. The SMILES string of the molecule is CCCO[C@@H]1C(O[C@@H]2OC(COCc3ccccc3)[C@H](OCc3ccccc3)[C@H](OCc3ccccc3)C2OCc2ccccc2)[C@H](OC)OC(COCc2ccccc2)[C@@H]1OB(C)P. The molecule has 0 N–H and O–H groups in total. The van der Waals surface area contributed by atoms with Crippen LogP contribution < -0.4 is 0 Å². The van der Waals surface area contributed by atoms with Crippen molar-refractivity contribution in [2.75, 3.05) is 26.9 Å². The van der Waals surface area contributed by atoms with Crippen molar-refractivity contribution in [1.29, 1.82) is 0 Å². The van der Waals surface area contributed by atoms with E-state index in [1.165, 1.54) is 0 Å². The third kappa shape index (κ3) is 14.8. The van der Waals surface area contributed by atoms with Gasteiger partial charge in [0, 0.05) is 13.7 Å². The fourth-order valence-electron chi connectivity index (χ4n) is 8.08. The normalized spacial score (nSPS) is 25.6. The Hall–Kier alpha value is -3.85. The Kier molecular flexibility index (Phi) is 20.0. The maximum absolute atomic E-state index is 7.23. The first-order valence-corrected chi connectivity index (χ1v) is 23.4. The molecule has 2 aliphatic heterocycles. The van der Waals surface area contributed by atoms with Crippen LogP contribution >= 0.6 is 9.12 Å². The van der Waals surface area contributed by atoms with Crippen molar-refractivity contribution >= 4 is 15.8 Å². The Balaban J connectivity index is 1.23. The van der Waals surface area contributed by atoms with Gasteiger partial charge in [0.2, 0.25) is 0 Å². The van der Waals surface area contributed by atoms with Gasteiger partial charge in [-0.05, 0) is 34.2 Å². The van der Waals surface area contributed by atoms with E-state index < -0.39 is 61.4 Å². The van der Waals surface area contributed by atoms with Crippen molar-refractivity contribution in [2.45, 2.75) is 115 Å². The van der Waals surface area contributed by atoms with E-state index in [1.54, 1.807) is 7.11 Å². The fourth-order valence-corrected chi connectivity index (χ4v) is 8.26. The van der Waals surface area contributed by atoms with Crippen molar-refractivity contribution in [3.63, 3.8) is 0 Å². The number of hydrogen-bond donors (Lipinski definition) is 0. The molecule has 5 unspecified atom stereocenters. The van der Waals surface area contributed by atoms with Crippen LogP contribution in [0.1, 0.15) is 41.2 Å². The molecule has 346 valence electrons. The minimum atomic E-state index is -1.04. The quantitative estimate of drug-likeness (QED) is 0.0415. The molecule has 5 aromatic carbocycles. The summed E-state index contributed by atoms with van der Waals surface area (Å²) in [6.45, 7) is 6.25. The summed E-state index contributed by atoms with van der Waals surface area (Å²) in [5.41, 5.74) is 5.07. The van der Waals surface area contributed by atoms with Crippen molar-refractivity contribution in [3.8, 4) is 0 Å². The predicted molar refractivity (Wildman–Crippen MR) is 253 cm³/mol. The van der Waals surface area contributed by atoms with Gasteiger partial charge in [-0.3, -0.25) is 0 Å². The van der Waals surface area contributed by atoms with Gasteiger partial charge >= 0.3 is 6.64 Å². The Labute approximate surface area is 387 Å². The van der Waals surface area contributed by atoms with Gasteiger partial charge in [0.05, 0.1) is 52.4 Å². The predicted octanol–water partition coefficient (Wildman–Crippen LogP) is 8.83. The topological polar surface area (TPSA) is 102 Å². The van der Waals surface area contributed by atoms with Crippen LogP contribution in [0, 0.1) is 0 Å². The first kappa shape index (κ1) is 49.1. The van der Waals surface area contributed by atoms with Crippen molar-refractivity contribution in [1.82, 2.24) is 0 Å². The number of benzene rings is 5. The Morgan fingerprint density at radius 1 is 0.462 bits per heavy atom. The monoisotopic (exact) mass is 906 g/mol. The molecule has 2 heterocycles. The lowest BCUT2D eigenvalue weighted by Crippen LogP contribution is -2.66. The molecule has 2 aliphatic rings. The van der Waals surface area contributed by atoms with E-state index in [0.29, 0.717) is 26.4 Å². The first-order valence-electron chi connectivity index (χ1n) is 22.7. The van der Waals surface area contributed by atoms with Gasteiger partial charge < -0.3 is 52.0 Å². The molecule has 11 atom stereocenters. The zero-order chi connectivity index (χ0) is 45.1. The molecule has 0 radical (unpaired) electrons. The summed E-state index contributed by atoms with van der Waals surface area (Å²) >= 11 is 0. The summed E-state index contributed by atoms with van der Waals surface area (Å²) in [4.78, 5) is 0. The van der Waals surface area contributed by atoms with Gasteiger partial charge in [0.1, 0.15) is 42.7 Å². The van der Waals surface area contributed by atoms with Crippen LogP contribution in [-0.4, -0.2) is 95.0 Å². The Morgan fingerprint density at radius 3 is 1.28 bits per heavy atom. The molecule has 0 aromatic heterocycles. The lowest BCUT2D eigenvalue weighted by Gasteiger charge is -2.50. The molecular weight excluding hydrogens is 842 g/mol. The van der Waals surface area contributed by atoms with Crippen LogP contribution in [0.15, 0.2) is 152 Å². The lowest BCUT2D eigenvalue weighted by atomic mass is 9.94. The fraction of sp³-hybridized carbons (Fsp3) is 0.423. The molecule has 2 fully saturated rings. The lowest BCUT2D eigenvalue weighted by molar-refractivity contribution is -0.377. The minimum Gasteiger partial charge on any atom is -0.424 e. The molecule has 0 bridgehead atoms. The number of rotatable bonds is 25. The second-order valence-corrected chi connectivity index (χ2v) is 17.3. The molecule has 7 rings (SSSR count). The van der Waals surface area contributed by atoms with Gasteiger partial charge in [-0.15, -0.1) is 9.12 Å². The van der Waals surface area contributed by atoms with E-state index >= 15 is 0 Å². The van der Waals surface area contributed by atoms with Crippen LogP contribution in [0.4, 0.5) is 0 Å². The smallest absolute Gasteiger partial charge is 0.312 e. The zero-order valence-electron chi connectivity index (χ0n) is 37.7. The summed E-state index contributed by atoms with van der Waals surface area (Å²) in [6, 6.07) is 50.3. The molecule has 65 heavy (non-hydrogen) atoms. The van der Waals surface area contributed by atoms with E-state index in [9.17, 15) is 0 Å². The van der Waals surface area contributed by atoms with Crippen LogP contribution in [0.3, 0.4) is 0 Å². The molecule has 0 spiro atoms. The van der Waals surface area contributed by atoms with Crippen molar-refractivity contribution in [2.24, 2.45) is 0 Å². The maximum atomic E-state index is 7.23. The van der Waals surface area contributed by atoms with Gasteiger partial charge in [-0.2, -0.15) is 0 Å². The van der Waals surface area contributed by atoms with Gasteiger partial charge in [-0.25, -0.2) is 0 Å². The first-order chi connectivity index (χ1) is 32.0. The van der Waals surface area contributed by atoms with Gasteiger partial charge in [0.15, 0.2) is 12.6 Å². The summed E-state index contributed by atoms with van der Waals surface area (Å²) < 4.78 is 74.1. The van der Waals surface area contributed by atoms with E-state index in [1.807, 2.05) is 158 Å². The second kappa shape index (κ2) is 26.5. The molecule has 2 saturated heterocycles. The molecule has 0 aliphatic carbocycles. The standard InChI is InChI=1S/C52H64BO11P/c1-4-30-57-48-46(64-53(2)65)44(37-56-32-39-22-12-6-13-23-39)61-51(54-3)50(48)63-52-49(60-35-42-28-18-9-19-29-42)47(59-34-41-26-16-8-17-27-41)45(58-33-40-24-14-7-15-25-40)43(62-52)36-55-31-38-20-10-5-11-21-38/h5-29,43-52H,4,30-37,65H2,1-3H3/t43?,44?,45-,46-,47-,48-,49?,50?,51+,52-/m0/s1. The average molecular weight is 907 g/mol. The second-order valence-electron chi connectivity index (χ2n) is 16.3. The number of hydrogen-bond acceptors (Lipinski definition) is 11. The van der Waals surface area contributed by atoms with E-state index in [2.05, 4.69) is 16.0 Å². The average Bonchev–Trinajstić information content (AvgIpc) is 3.34. The van der Waals surface area contributed by atoms with Gasteiger partial charge in [0.25, 0.3) is 0 Å². The van der Waals surface area contributed by atoms with Crippen molar-refractivity contribution < 1.29 is 52.0 Å². The van der Waals surface area contributed by atoms with E-state index in [-0.39, 0.29) is 33.1 Å². The van der Waals surface area contributed by atoms with Crippen LogP contribution in [-0.2, 0) is 85.1 Å². The van der Waals surface area contributed by atoms with Crippen LogP contribution in [0.2, 0.25) is 6.82 Å². The highest BCUT2D eigenvalue weighted by molar-refractivity contribution is 7.60. The van der Waals surface area contributed by atoms with E-state index in [4.69, 9.17) is 52.0 Å². The highest BCUT2D eigenvalue weighted by atomic mass is 31.0. The highest BCUT2D eigenvalue weighted by Crippen LogP contribution is 2.36. The van der Waals surface area contributed by atoms with Crippen molar-refractivity contribution in [3.05, 3.63) is 179 Å². The largest absolute Gasteiger partial charge is 0.424 e. The summed E-state index contributed by atoms with van der Waals surface area (Å²) in [6.07, 6.45) is -6.68. The summed E-state index contributed by atoms with van der Waals surface area (Å²) in [5, 5.41) is 0. The summed E-state index contributed by atoms with van der Waals surface area (Å²) in [5.74, 6) is 0. The van der Waals surface area contributed by atoms with Gasteiger partial charge in [-0.1, -0.05) is 165 Å². The third-order valence-corrected chi connectivity index (χ3v) is 11.4. The molecule has 13 heteroatoms.